The predicted molar refractivity (Wildman–Crippen MR) is 188 cm³/mol. The first kappa shape index (κ1) is 36.9. The normalized spacial score (nSPS) is 21.4. The molecule has 0 aliphatic carbocycles. The van der Waals surface area contributed by atoms with Crippen molar-refractivity contribution in [3.8, 4) is 11.4 Å². The minimum absolute atomic E-state index is 0.0853. The SMILES string of the molecule is COC(=O)CCCCN1C(=O)[C@@]2(O[C@@H](CC(=O)N(CCO)Cc3ccccc3)[C@H]([Si](C)(C)F)[C@H]2C)c2cc(-n3cccc(OC)c3=O)ccc21. The van der Waals surface area contributed by atoms with E-state index in [4.69, 9.17) is 14.2 Å². The second-order valence-electron chi connectivity index (χ2n) is 13.4. The van der Waals surface area contributed by atoms with Gasteiger partial charge in [0.25, 0.3) is 11.5 Å². The standard InChI is InChI=1S/C37H46FN3O8Si/c1-25-34(50(4,5)38)31(23-32(43)39(20-21-42)24-26-12-7-6-8-13-26)49-37(25)28-22-27(40-19-11-14-30(47-2)35(40)45)16-17-29(28)41(36(37)46)18-10-9-15-33(44)48-3/h6-8,11-14,16-17,19,22,25,31,34,42H,9-10,15,18,20-21,23-24H2,1-5H3/t25-,31+,34-,37+/m1/s1. The molecule has 3 aromatic rings. The third kappa shape index (κ3) is 7.12. The molecule has 0 saturated carbocycles. The van der Waals surface area contributed by atoms with E-state index in [1.165, 1.54) is 23.7 Å². The molecule has 1 saturated heterocycles. The number of hydrogen-bond acceptors (Lipinski definition) is 8. The number of fused-ring (bicyclic) bond motifs is 2. The van der Waals surface area contributed by atoms with Crippen molar-refractivity contribution < 1.29 is 37.8 Å². The number of rotatable bonds is 14. The molecule has 0 unspecified atom stereocenters. The summed E-state index contributed by atoms with van der Waals surface area (Å²) in [6.45, 7) is 5.31. The molecule has 13 heteroatoms. The molecule has 0 bridgehead atoms. The summed E-state index contributed by atoms with van der Waals surface area (Å²) in [6, 6.07) is 17.9. The lowest BCUT2D eigenvalue weighted by Crippen LogP contribution is -2.45. The van der Waals surface area contributed by atoms with E-state index in [0.717, 1.165) is 5.56 Å². The Balaban J connectivity index is 1.56. The van der Waals surface area contributed by atoms with Gasteiger partial charge in [-0.3, -0.25) is 23.7 Å². The third-order valence-electron chi connectivity index (χ3n) is 9.91. The molecule has 50 heavy (non-hydrogen) atoms. The number of halogens is 1. The van der Waals surface area contributed by atoms with Crippen molar-refractivity contribution in [3.05, 3.63) is 88.3 Å². The topological polar surface area (TPSA) is 128 Å². The fourth-order valence-electron chi connectivity index (χ4n) is 7.60. The maximum absolute atomic E-state index is 16.5. The Hall–Kier alpha value is -4.33. The van der Waals surface area contributed by atoms with Gasteiger partial charge in [-0.05, 0) is 61.8 Å². The molecular weight excluding hydrogens is 662 g/mol. The Morgan fingerprint density at radius 3 is 2.46 bits per heavy atom. The molecule has 268 valence electrons. The number of esters is 1. The highest BCUT2D eigenvalue weighted by atomic mass is 28.4. The summed E-state index contributed by atoms with van der Waals surface area (Å²) in [5.74, 6) is -1.56. The van der Waals surface area contributed by atoms with Gasteiger partial charge in [0.05, 0.1) is 39.0 Å². The minimum atomic E-state index is -3.60. The van der Waals surface area contributed by atoms with Gasteiger partial charge in [0, 0.05) is 55.0 Å². The van der Waals surface area contributed by atoms with E-state index in [0.29, 0.717) is 29.8 Å². The van der Waals surface area contributed by atoms with Crippen LogP contribution in [0.3, 0.4) is 0 Å². The van der Waals surface area contributed by atoms with Crippen molar-refractivity contribution in [1.29, 1.82) is 0 Å². The number of aliphatic hydroxyl groups excluding tert-OH is 1. The molecule has 1 spiro atoms. The number of aromatic nitrogens is 1. The lowest BCUT2D eigenvalue weighted by molar-refractivity contribution is -0.149. The van der Waals surface area contributed by atoms with Gasteiger partial charge in [-0.25, -0.2) is 0 Å². The van der Waals surface area contributed by atoms with E-state index in [2.05, 4.69) is 0 Å². The number of methoxy groups -OCH3 is 2. The first-order valence-electron chi connectivity index (χ1n) is 17.0. The smallest absolute Gasteiger partial charge is 0.305 e. The Kier molecular flexibility index (Phi) is 11.3. The minimum Gasteiger partial charge on any atom is -0.491 e. The van der Waals surface area contributed by atoms with E-state index >= 15 is 4.11 Å². The fraction of sp³-hybridized carbons (Fsp3) is 0.459. The number of unbranched alkanes of at least 4 members (excludes halogenated alkanes) is 1. The summed E-state index contributed by atoms with van der Waals surface area (Å²) < 4.78 is 34.7. The van der Waals surface area contributed by atoms with Crippen LogP contribution in [0.5, 0.6) is 5.75 Å². The number of pyridine rings is 1. The van der Waals surface area contributed by atoms with Gasteiger partial charge < -0.3 is 33.2 Å². The van der Waals surface area contributed by atoms with Crippen molar-refractivity contribution in [3.63, 3.8) is 0 Å². The number of benzene rings is 2. The maximum Gasteiger partial charge on any atom is 0.305 e. The molecule has 4 atom stereocenters. The Morgan fingerprint density at radius 1 is 1.06 bits per heavy atom. The number of amides is 2. The van der Waals surface area contributed by atoms with Crippen LogP contribution < -0.4 is 15.2 Å². The van der Waals surface area contributed by atoms with Crippen LogP contribution in [0.25, 0.3) is 5.69 Å². The largest absolute Gasteiger partial charge is 0.491 e. The summed E-state index contributed by atoms with van der Waals surface area (Å²) in [7, 11) is -0.857. The summed E-state index contributed by atoms with van der Waals surface area (Å²) in [5.41, 5.74) is -0.365. The molecule has 2 aliphatic heterocycles. The zero-order valence-corrected chi connectivity index (χ0v) is 30.3. The summed E-state index contributed by atoms with van der Waals surface area (Å²) >= 11 is 0. The molecular formula is C37H46FN3O8Si. The van der Waals surface area contributed by atoms with Gasteiger partial charge >= 0.3 is 5.97 Å². The Labute approximate surface area is 292 Å². The monoisotopic (exact) mass is 707 g/mol. The van der Waals surface area contributed by atoms with Crippen molar-refractivity contribution >= 4 is 31.9 Å². The average molecular weight is 708 g/mol. The number of anilines is 1. The van der Waals surface area contributed by atoms with Gasteiger partial charge in [0.15, 0.2) is 11.4 Å². The highest BCUT2D eigenvalue weighted by molar-refractivity contribution is 6.72. The van der Waals surface area contributed by atoms with Crippen LogP contribution in [-0.2, 0) is 36.0 Å². The molecule has 5 rings (SSSR count). The Morgan fingerprint density at radius 2 is 1.80 bits per heavy atom. The molecule has 3 heterocycles. The molecule has 1 fully saturated rings. The van der Waals surface area contributed by atoms with Gasteiger partial charge in [-0.2, -0.15) is 0 Å². The second-order valence-corrected chi connectivity index (χ2v) is 17.2. The van der Waals surface area contributed by atoms with Crippen LogP contribution in [0.2, 0.25) is 18.6 Å². The first-order chi connectivity index (χ1) is 23.9. The molecule has 2 aliphatic rings. The number of nitrogens with zero attached hydrogens (tertiary/aromatic N) is 3. The van der Waals surface area contributed by atoms with Crippen molar-refractivity contribution in [2.24, 2.45) is 5.92 Å². The third-order valence-corrected chi connectivity index (χ3v) is 12.4. The van der Waals surface area contributed by atoms with Crippen LogP contribution >= 0.6 is 0 Å². The number of aliphatic hydroxyl groups is 1. The van der Waals surface area contributed by atoms with E-state index < -0.39 is 37.1 Å². The average Bonchev–Trinajstić information content (AvgIpc) is 3.52. The zero-order chi connectivity index (χ0) is 36.2. The molecule has 11 nitrogen and oxygen atoms in total. The number of carbonyl (C=O) groups excluding carboxylic acids is 3. The van der Waals surface area contributed by atoms with Crippen LogP contribution in [0.1, 0.15) is 43.7 Å². The van der Waals surface area contributed by atoms with E-state index in [1.807, 2.05) is 37.3 Å². The van der Waals surface area contributed by atoms with Crippen LogP contribution in [-0.4, -0.2) is 80.8 Å². The molecule has 1 N–H and O–H groups in total. The molecule has 1 aromatic heterocycles. The highest BCUT2D eigenvalue weighted by Crippen LogP contribution is 2.60. The lowest BCUT2D eigenvalue weighted by Gasteiger charge is -2.31. The fourth-order valence-corrected chi connectivity index (χ4v) is 10.1. The van der Waals surface area contributed by atoms with Crippen LogP contribution in [0.4, 0.5) is 9.80 Å². The summed E-state index contributed by atoms with van der Waals surface area (Å²) in [6.07, 6.45) is 1.66. The van der Waals surface area contributed by atoms with E-state index in [1.54, 1.807) is 54.5 Å². The maximum atomic E-state index is 16.5. The zero-order valence-electron chi connectivity index (χ0n) is 29.3. The second kappa shape index (κ2) is 15.3. The molecule has 2 aromatic carbocycles. The van der Waals surface area contributed by atoms with Crippen molar-refractivity contribution in [2.45, 2.75) is 69.5 Å². The number of carbonyl (C=O) groups is 3. The van der Waals surface area contributed by atoms with Gasteiger partial charge in [0.1, 0.15) is 0 Å². The molecule has 2 amide bonds. The number of ether oxygens (including phenoxy) is 3. The summed E-state index contributed by atoms with van der Waals surface area (Å²) in [4.78, 5) is 56.8. The predicted octanol–water partition coefficient (Wildman–Crippen LogP) is 4.72. The van der Waals surface area contributed by atoms with Crippen molar-refractivity contribution in [1.82, 2.24) is 9.47 Å². The quantitative estimate of drug-likeness (QED) is 0.110. The lowest BCUT2D eigenvalue weighted by atomic mass is 9.82. The molecule has 0 radical (unpaired) electrons. The van der Waals surface area contributed by atoms with Gasteiger partial charge in [-0.15, -0.1) is 0 Å². The van der Waals surface area contributed by atoms with Gasteiger partial charge in [0.2, 0.25) is 14.3 Å². The van der Waals surface area contributed by atoms with Gasteiger partial charge in [-0.1, -0.05) is 37.3 Å². The van der Waals surface area contributed by atoms with E-state index in [-0.39, 0.29) is 62.6 Å². The van der Waals surface area contributed by atoms with E-state index in [9.17, 15) is 24.3 Å². The van der Waals surface area contributed by atoms with Crippen LogP contribution in [0, 0.1) is 5.92 Å². The van der Waals surface area contributed by atoms with Crippen LogP contribution in [0.15, 0.2) is 71.7 Å². The first-order valence-corrected chi connectivity index (χ1v) is 19.9. The highest BCUT2D eigenvalue weighted by Gasteiger charge is 2.67. The number of hydrogen-bond donors (Lipinski definition) is 1. The Bertz CT molecular complexity index is 1760. The van der Waals surface area contributed by atoms with Crippen molar-refractivity contribution in [2.75, 3.05) is 38.8 Å². The summed E-state index contributed by atoms with van der Waals surface area (Å²) in [5, 5.41) is 9.81.